The third-order valence-electron chi connectivity index (χ3n) is 3.67. The average molecular weight is 277 g/mol. The first-order chi connectivity index (χ1) is 9.43. The van der Waals surface area contributed by atoms with Crippen molar-refractivity contribution >= 4 is 17.5 Å². The summed E-state index contributed by atoms with van der Waals surface area (Å²) in [6.07, 6.45) is 0.0791. The lowest BCUT2D eigenvalue weighted by molar-refractivity contribution is -0.125. The van der Waals surface area contributed by atoms with Crippen LogP contribution in [0.25, 0.3) is 0 Å². The van der Waals surface area contributed by atoms with E-state index >= 15 is 0 Å². The van der Waals surface area contributed by atoms with Crippen LogP contribution in [-0.2, 0) is 20.7 Å². The Balaban J connectivity index is 2.18. The molecular formula is C14H19N3O3. The molecule has 2 rings (SSSR count). The number of ether oxygens (including phenoxy) is 1. The molecule has 2 amide bonds. The van der Waals surface area contributed by atoms with Gasteiger partial charge >= 0.3 is 0 Å². The third kappa shape index (κ3) is 2.81. The van der Waals surface area contributed by atoms with E-state index in [2.05, 4.69) is 5.32 Å². The zero-order valence-electron chi connectivity index (χ0n) is 11.4. The fourth-order valence-electron chi connectivity index (χ4n) is 2.17. The van der Waals surface area contributed by atoms with E-state index in [-0.39, 0.29) is 25.0 Å². The van der Waals surface area contributed by atoms with Crippen LogP contribution in [0.2, 0.25) is 0 Å². The minimum Gasteiger partial charge on any atom is -0.379 e. The SMILES string of the molecule is CC1(C(=O)Nc2ccccc2CC(N)=O)COCC1N. The van der Waals surface area contributed by atoms with Crippen molar-refractivity contribution in [1.82, 2.24) is 0 Å². The molecule has 20 heavy (non-hydrogen) atoms. The molecule has 0 spiro atoms. The van der Waals surface area contributed by atoms with Gasteiger partial charge in [0.05, 0.1) is 25.0 Å². The minimum absolute atomic E-state index is 0.0791. The molecule has 0 bridgehead atoms. The Bertz CT molecular complexity index is 532. The molecule has 108 valence electrons. The number of nitrogens with one attached hydrogen (secondary N) is 1. The second kappa shape index (κ2) is 5.60. The number of carbonyl (C=O) groups excluding carboxylic acids is 2. The van der Waals surface area contributed by atoms with Crippen LogP contribution in [0.4, 0.5) is 5.69 Å². The summed E-state index contributed by atoms with van der Waals surface area (Å²) in [4.78, 5) is 23.4. The Morgan fingerprint density at radius 1 is 1.45 bits per heavy atom. The number of carbonyl (C=O) groups is 2. The van der Waals surface area contributed by atoms with Gasteiger partial charge in [-0.2, -0.15) is 0 Å². The lowest BCUT2D eigenvalue weighted by atomic mass is 9.84. The maximum Gasteiger partial charge on any atom is 0.234 e. The van der Waals surface area contributed by atoms with Crippen molar-refractivity contribution in [2.75, 3.05) is 18.5 Å². The van der Waals surface area contributed by atoms with Gasteiger partial charge in [0.25, 0.3) is 0 Å². The van der Waals surface area contributed by atoms with Crippen molar-refractivity contribution in [3.05, 3.63) is 29.8 Å². The van der Waals surface area contributed by atoms with Gasteiger partial charge in [-0.1, -0.05) is 18.2 Å². The van der Waals surface area contributed by atoms with E-state index in [1.165, 1.54) is 0 Å². The van der Waals surface area contributed by atoms with E-state index in [9.17, 15) is 9.59 Å². The van der Waals surface area contributed by atoms with E-state index in [1.54, 1.807) is 31.2 Å². The number of para-hydroxylation sites is 1. The van der Waals surface area contributed by atoms with E-state index in [1.807, 2.05) is 0 Å². The monoisotopic (exact) mass is 277 g/mol. The Kier molecular flexibility index (Phi) is 4.06. The predicted octanol–water partition coefficient (Wildman–Crippen LogP) is 0.0167. The predicted molar refractivity (Wildman–Crippen MR) is 74.9 cm³/mol. The van der Waals surface area contributed by atoms with Crippen LogP contribution < -0.4 is 16.8 Å². The van der Waals surface area contributed by atoms with Crippen LogP contribution in [0.3, 0.4) is 0 Å². The number of amides is 2. The number of benzene rings is 1. The standard InChI is InChI=1S/C14H19N3O3/c1-14(8-20-7-11(14)15)13(19)17-10-5-3-2-4-9(10)6-12(16)18/h2-5,11H,6-8,15H2,1H3,(H2,16,18)(H,17,19). The lowest BCUT2D eigenvalue weighted by Crippen LogP contribution is -2.47. The highest BCUT2D eigenvalue weighted by Crippen LogP contribution is 2.29. The molecule has 2 unspecified atom stereocenters. The Morgan fingerprint density at radius 2 is 2.15 bits per heavy atom. The molecule has 5 N–H and O–H groups in total. The van der Waals surface area contributed by atoms with Gasteiger partial charge in [-0.25, -0.2) is 0 Å². The van der Waals surface area contributed by atoms with Gasteiger partial charge in [0, 0.05) is 11.7 Å². The molecule has 0 aliphatic carbocycles. The van der Waals surface area contributed by atoms with Crippen LogP contribution in [-0.4, -0.2) is 31.1 Å². The summed E-state index contributed by atoms with van der Waals surface area (Å²) in [6, 6.07) is 6.73. The van der Waals surface area contributed by atoms with Crippen LogP contribution in [0.15, 0.2) is 24.3 Å². The number of hydrogen-bond acceptors (Lipinski definition) is 4. The van der Waals surface area contributed by atoms with E-state index in [0.29, 0.717) is 17.9 Å². The zero-order valence-corrected chi connectivity index (χ0v) is 11.4. The summed E-state index contributed by atoms with van der Waals surface area (Å²) < 4.78 is 5.27. The van der Waals surface area contributed by atoms with Crippen molar-refractivity contribution in [3.63, 3.8) is 0 Å². The maximum atomic E-state index is 12.4. The third-order valence-corrected chi connectivity index (χ3v) is 3.67. The van der Waals surface area contributed by atoms with Crippen LogP contribution in [0, 0.1) is 5.41 Å². The highest BCUT2D eigenvalue weighted by atomic mass is 16.5. The largest absolute Gasteiger partial charge is 0.379 e. The molecule has 1 aromatic carbocycles. The molecule has 2 atom stereocenters. The van der Waals surface area contributed by atoms with Gasteiger partial charge in [0.2, 0.25) is 11.8 Å². The number of primary amides is 1. The molecule has 1 heterocycles. The first-order valence-corrected chi connectivity index (χ1v) is 6.44. The average Bonchev–Trinajstić information content (AvgIpc) is 2.73. The molecule has 1 aromatic rings. The molecule has 0 aromatic heterocycles. The fraction of sp³-hybridized carbons (Fsp3) is 0.429. The van der Waals surface area contributed by atoms with Gasteiger partial charge in [-0.3, -0.25) is 9.59 Å². The molecular weight excluding hydrogens is 258 g/mol. The fourth-order valence-corrected chi connectivity index (χ4v) is 2.17. The van der Waals surface area contributed by atoms with E-state index < -0.39 is 11.3 Å². The summed E-state index contributed by atoms with van der Waals surface area (Å²) in [6.45, 7) is 2.43. The maximum absolute atomic E-state index is 12.4. The molecule has 1 aliphatic rings. The Hall–Kier alpha value is -1.92. The molecule has 0 saturated carbocycles. The normalized spacial score (nSPS) is 25.4. The summed E-state index contributed by atoms with van der Waals surface area (Å²) >= 11 is 0. The molecule has 1 aliphatic heterocycles. The minimum atomic E-state index is -0.764. The molecule has 1 fully saturated rings. The van der Waals surface area contributed by atoms with Gasteiger partial charge in [0.1, 0.15) is 0 Å². The summed E-state index contributed by atoms with van der Waals surface area (Å²) in [5.74, 6) is -0.654. The summed E-state index contributed by atoms with van der Waals surface area (Å²) in [7, 11) is 0. The number of hydrogen-bond donors (Lipinski definition) is 3. The van der Waals surface area contributed by atoms with Crippen molar-refractivity contribution in [2.45, 2.75) is 19.4 Å². The number of rotatable bonds is 4. The molecule has 6 heteroatoms. The van der Waals surface area contributed by atoms with Gasteiger partial charge in [-0.05, 0) is 18.6 Å². The van der Waals surface area contributed by atoms with E-state index in [0.717, 1.165) is 0 Å². The van der Waals surface area contributed by atoms with Crippen molar-refractivity contribution in [3.8, 4) is 0 Å². The highest BCUT2D eigenvalue weighted by molar-refractivity contribution is 5.97. The molecule has 6 nitrogen and oxygen atoms in total. The number of anilines is 1. The first kappa shape index (κ1) is 14.5. The van der Waals surface area contributed by atoms with Gasteiger partial charge < -0.3 is 21.5 Å². The van der Waals surface area contributed by atoms with Crippen LogP contribution in [0.1, 0.15) is 12.5 Å². The first-order valence-electron chi connectivity index (χ1n) is 6.44. The topological polar surface area (TPSA) is 107 Å². The zero-order chi connectivity index (χ0) is 14.8. The van der Waals surface area contributed by atoms with Gasteiger partial charge in [0.15, 0.2) is 0 Å². The van der Waals surface area contributed by atoms with Crippen LogP contribution >= 0.6 is 0 Å². The number of nitrogens with two attached hydrogens (primary N) is 2. The molecule has 0 radical (unpaired) electrons. The van der Waals surface area contributed by atoms with Crippen molar-refractivity contribution in [2.24, 2.45) is 16.9 Å². The Labute approximate surface area is 117 Å². The van der Waals surface area contributed by atoms with Crippen molar-refractivity contribution < 1.29 is 14.3 Å². The molecule has 1 saturated heterocycles. The second-order valence-corrected chi connectivity index (χ2v) is 5.29. The lowest BCUT2D eigenvalue weighted by Gasteiger charge is -2.26. The van der Waals surface area contributed by atoms with Crippen molar-refractivity contribution in [1.29, 1.82) is 0 Å². The summed E-state index contributed by atoms with van der Waals surface area (Å²) in [5, 5.41) is 2.82. The summed E-state index contributed by atoms with van der Waals surface area (Å²) in [5.41, 5.74) is 11.6. The van der Waals surface area contributed by atoms with Crippen LogP contribution in [0.5, 0.6) is 0 Å². The Morgan fingerprint density at radius 3 is 2.75 bits per heavy atom. The highest BCUT2D eigenvalue weighted by Gasteiger charge is 2.44. The van der Waals surface area contributed by atoms with E-state index in [4.69, 9.17) is 16.2 Å². The van der Waals surface area contributed by atoms with Gasteiger partial charge in [-0.15, -0.1) is 0 Å². The quantitative estimate of drug-likeness (QED) is 0.720. The smallest absolute Gasteiger partial charge is 0.234 e. The second-order valence-electron chi connectivity index (χ2n) is 5.29.